The Morgan fingerprint density at radius 1 is 0.694 bits per heavy atom. The molecule has 350 valence electrons. The molecule has 12 nitrogen and oxygen atoms in total. The molecule has 62 heavy (non-hydrogen) atoms. The van der Waals surface area contributed by atoms with Gasteiger partial charge in [-0.1, -0.05) is 60.6 Å². The van der Waals surface area contributed by atoms with Gasteiger partial charge in [-0.2, -0.15) is 0 Å². The summed E-state index contributed by atoms with van der Waals surface area (Å²) in [5.74, 6) is -0.929. The van der Waals surface area contributed by atoms with Crippen molar-refractivity contribution in [3.05, 3.63) is 12.2 Å². The van der Waals surface area contributed by atoms with Gasteiger partial charge < -0.3 is 38.3 Å². The maximum atomic E-state index is 13.2. The van der Waals surface area contributed by atoms with Crippen LogP contribution in [0.5, 0.6) is 0 Å². The number of carbonyl (C=O) groups excluding carboxylic acids is 3. The Labute approximate surface area is 370 Å². The maximum Gasteiger partial charge on any atom is 0.309 e. The van der Waals surface area contributed by atoms with Gasteiger partial charge in [-0.05, 0) is 136 Å². The van der Waals surface area contributed by atoms with Gasteiger partial charge in [0.25, 0.3) is 0 Å². The van der Waals surface area contributed by atoms with Crippen molar-refractivity contribution in [2.24, 2.45) is 74.4 Å². The van der Waals surface area contributed by atoms with Gasteiger partial charge in [-0.15, -0.1) is 0 Å². The monoisotopic (exact) mass is 871 g/mol. The minimum Gasteiger partial charge on any atom is -0.481 e. The Balaban J connectivity index is 1.18. The van der Waals surface area contributed by atoms with Crippen molar-refractivity contribution in [3.63, 3.8) is 0 Å². The highest BCUT2D eigenvalue weighted by molar-refractivity contribution is 5.76. The summed E-state index contributed by atoms with van der Waals surface area (Å²) in [6.07, 6.45) is 4.01. The van der Waals surface area contributed by atoms with Crippen LogP contribution in [0.1, 0.15) is 147 Å². The van der Waals surface area contributed by atoms with Gasteiger partial charge in [-0.3, -0.25) is 19.2 Å². The number of esters is 3. The first-order valence-corrected chi connectivity index (χ1v) is 23.9. The van der Waals surface area contributed by atoms with E-state index in [4.69, 9.17) is 33.2 Å². The molecule has 7 fully saturated rings. The van der Waals surface area contributed by atoms with Crippen molar-refractivity contribution >= 4 is 23.9 Å². The number of carboxylic acid groups (broad SMARTS) is 1. The molecular formula is C50H78O12. The standard InChI is InChI=1S/C50H78O12/c1-26(2)34-16-21-50(45(54)55)23-22-48(12)35(39(34)50)14-15-37-46(10)19-18-38(47(11,25-57-31(7)51)36(46)17-20-49(37,48)13)61-43-41(28(4)27(3)24-56-43)62-44-42(60-33(9)53)40(59-32(8)52)29(5)30(6)58-44/h27-30,34-44H,1,14-25H2,2-13H3,(H,54,55)/t27-,28-,29-,30-,34?,35?,36?,37?,38-,39?,40+,41+,42+,43-,44-,46-,47-,48+,49+,50-/m0/s1. The normalized spacial score (nSPS) is 49.8. The van der Waals surface area contributed by atoms with Gasteiger partial charge in [0.1, 0.15) is 12.2 Å². The number of ether oxygens (including phenoxy) is 7. The lowest BCUT2D eigenvalue weighted by atomic mass is 9.32. The number of hydrogen-bond donors (Lipinski definition) is 1. The molecule has 0 aromatic heterocycles. The van der Waals surface area contributed by atoms with Crippen LogP contribution >= 0.6 is 0 Å². The van der Waals surface area contributed by atoms with E-state index in [2.05, 4.69) is 55.0 Å². The minimum absolute atomic E-state index is 0.00184. The molecule has 2 aliphatic heterocycles. The third kappa shape index (κ3) is 7.58. The zero-order valence-corrected chi connectivity index (χ0v) is 39.8. The third-order valence-corrected chi connectivity index (χ3v) is 19.4. The van der Waals surface area contributed by atoms with E-state index in [-0.39, 0.29) is 76.5 Å². The Bertz CT molecular complexity index is 1750. The van der Waals surface area contributed by atoms with Gasteiger partial charge in [0, 0.05) is 32.1 Å². The molecule has 5 unspecified atom stereocenters. The third-order valence-electron chi connectivity index (χ3n) is 19.4. The predicted octanol–water partition coefficient (Wildman–Crippen LogP) is 8.92. The van der Waals surface area contributed by atoms with Gasteiger partial charge >= 0.3 is 23.9 Å². The molecule has 0 aromatic carbocycles. The maximum absolute atomic E-state index is 13.2. The van der Waals surface area contributed by atoms with Crippen LogP contribution in [-0.2, 0) is 52.3 Å². The summed E-state index contributed by atoms with van der Waals surface area (Å²) in [6.45, 7) is 29.1. The van der Waals surface area contributed by atoms with Crippen molar-refractivity contribution < 1.29 is 57.4 Å². The fourth-order valence-corrected chi connectivity index (χ4v) is 15.6. The fraction of sp³-hybridized carbons (Fsp3) is 0.880. The Kier molecular flexibility index (Phi) is 13.0. The van der Waals surface area contributed by atoms with E-state index >= 15 is 0 Å². The fourth-order valence-electron chi connectivity index (χ4n) is 15.6. The van der Waals surface area contributed by atoms with Crippen LogP contribution in [0.15, 0.2) is 12.2 Å². The number of aliphatic carboxylic acids is 1. The Morgan fingerprint density at radius 2 is 1.37 bits per heavy atom. The van der Waals surface area contributed by atoms with E-state index in [1.165, 1.54) is 20.8 Å². The number of allylic oxidation sites excluding steroid dienone is 1. The van der Waals surface area contributed by atoms with E-state index in [1.54, 1.807) is 0 Å². The zero-order valence-electron chi connectivity index (χ0n) is 39.8. The van der Waals surface area contributed by atoms with Crippen molar-refractivity contribution in [3.8, 4) is 0 Å². The molecule has 1 N–H and O–H groups in total. The highest BCUT2D eigenvalue weighted by Crippen LogP contribution is 2.77. The average Bonchev–Trinajstić information content (AvgIpc) is 3.60. The summed E-state index contributed by atoms with van der Waals surface area (Å²) < 4.78 is 44.6. The number of fused-ring (bicyclic) bond motifs is 7. The summed E-state index contributed by atoms with van der Waals surface area (Å²) in [6, 6.07) is 0. The highest BCUT2D eigenvalue weighted by Gasteiger charge is 2.73. The lowest BCUT2D eigenvalue weighted by molar-refractivity contribution is -0.354. The van der Waals surface area contributed by atoms with Crippen LogP contribution in [0.2, 0.25) is 0 Å². The molecule has 20 atom stereocenters. The van der Waals surface area contributed by atoms with E-state index < -0.39 is 59.6 Å². The van der Waals surface area contributed by atoms with Crippen LogP contribution in [0.3, 0.4) is 0 Å². The minimum atomic E-state index is -1.05. The largest absolute Gasteiger partial charge is 0.481 e. The van der Waals surface area contributed by atoms with Crippen LogP contribution in [-0.4, -0.2) is 85.3 Å². The molecule has 12 heteroatoms. The first-order valence-electron chi connectivity index (χ1n) is 23.9. The zero-order chi connectivity index (χ0) is 45.5. The molecule has 2 saturated heterocycles. The quantitative estimate of drug-likeness (QED) is 0.0966. The second-order valence-electron chi connectivity index (χ2n) is 22.5. The molecule has 0 spiro atoms. The predicted molar refractivity (Wildman–Crippen MR) is 230 cm³/mol. The molecule has 0 radical (unpaired) electrons. The SMILES string of the molecule is C=C(C)C1CC[C@]2(C(=O)O)CC[C@]3(C)C(CCC4[C@@]5(C)CC[C@H](O[C@@H]6OC[C@H](C)[C@H](C)[C@H]6O[C@@H]6O[C@@H](C)[C@H](C)[C@@H](OC(C)=O)[C@H]6OC(C)=O)[C@@](C)(COC(C)=O)C5CC[C@]43C)C12. The molecule has 0 amide bonds. The Hall–Kier alpha value is -2.54. The summed E-state index contributed by atoms with van der Waals surface area (Å²) in [7, 11) is 0. The summed E-state index contributed by atoms with van der Waals surface area (Å²) in [5, 5.41) is 10.8. The summed E-state index contributed by atoms with van der Waals surface area (Å²) in [4.78, 5) is 50.6. The van der Waals surface area contributed by atoms with E-state index in [0.29, 0.717) is 18.4 Å². The van der Waals surface area contributed by atoms with Gasteiger partial charge in [-0.25, -0.2) is 0 Å². The molecule has 2 heterocycles. The molecular weight excluding hydrogens is 793 g/mol. The number of carbonyl (C=O) groups is 4. The Morgan fingerprint density at radius 3 is 2.00 bits per heavy atom. The average molecular weight is 871 g/mol. The molecule has 5 saturated carbocycles. The second-order valence-corrected chi connectivity index (χ2v) is 22.5. The van der Waals surface area contributed by atoms with Crippen molar-refractivity contribution in [2.45, 2.75) is 190 Å². The number of carboxylic acids is 1. The number of rotatable bonds is 10. The lowest BCUT2D eigenvalue weighted by Crippen LogP contribution is -2.68. The topological polar surface area (TPSA) is 153 Å². The molecule has 0 bridgehead atoms. The molecule has 5 aliphatic carbocycles. The lowest BCUT2D eigenvalue weighted by Gasteiger charge is -2.73. The highest BCUT2D eigenvalue weighted by atomic mass is 16.8. The second kappa shape index (κ2) is 17.0. The smallest absolute Gasteiger partial charge is 0.309 e. The van der Waals surface area contributed by atoms with Crippen LogP contribution in [0.25, 0.3) is 0 Å². The van der Waals surface area contributed by atoms with E-state index in [0.717, 1.165) is 69.8 Å². The molecule has 7 aliphatic rings. The van der Waals surface area contributed by atoms with E-state index in [1.807, 2.05) is 13.8 Å². The van der Waals surface area contributed by atoms with E-state index in [9.17, 15) is 24.3 Å². The summed E-state index contributed by atoms with van der Waals surface area (Å²) >= 11 is 0. The summed E-state index contributed by atoms with van der Waals surface area (Å²) in [5.41, 5.74) is -0.206. The molecule has 7 rings (SSSR count). The van der Waals surface area contributed by atoms with Crippen molar-refractivity contribution in [1.29, 1.82) is 0 Å². The first-order chi connectivity index (χ1) is 28.9. The van der Waals surface area contributed by atoms with Crippen molar-refractivity contribution in [2.75, 3.05) is 13.2 Å². The van der Waals surface area contributed by atoms with Crippen LogP contribution in [0, 0.1) is 74.4 Å². The van der Waals surface area contributed by atoms with Gasteiger partial charge in [0.05, 0.1) is 30.8 Å². The molecule has 0 aromatic rings. The van der Waals surface area contributed by atoms with Crippen LogP contribution < -0.4 is 0 Å². The number of hydrogen-bond acceptors (Lipinski definition) is 11. The first kappa shape index (κ1) is 47.4. The van der Waals surface area contributed by atoms with Gasteiger partial charge in [0.2, 0.25) is 0 Å². The van der Waals surface area contributed by atoms with Gasteiger partial charge in [0.15, 0.2) is 18.7 Å². The van der Waals surface area contributed by atoms with Crippen LogP contribution in [0.4, 0.5) is 0 Å². The van der Waals surface area contributed by atoms with Crippen molar-refractivity contribution in [1.82, 2.24) is 0 Å².